The monoisotopic (exact) mass is 196 g/mol. The molecule has 0 saturated carbocycles. The van der Waals surface area contributed by atoms with Crippen LogP contribution in [0, 0.1) is 0 Å². The van der Waals surface area contributed by atoms with E-state index in [1.54, 1.807) is 0 Å². The standard InChI is InChI=1S/C7H16O6/c1-3(9)5(11)7(13)6(12)4(10)2-8/h3-13H,2H2,1H3/t3-,4+,5?,6+,7?/m1/s1. The second-order valence-electron chi connectivity index (χ2n) is 2.96. The van der Waals surface area contributed by atoms with E-state index in [2.05, 4.69) is 0 Å². The maximum atomic E-state index is 9.13. The third kappa shape index (κ3) is 3.55. The summed E-state index contributed by atoms with van der Waals surface area (Å²) in [5.41, 5.74) is 0. The minimum atomic E-state index is -1.69. The van der Waals surface area contributed by atoms with Gasteiger partial charge in [0.05, 0.1) is 12.7 Å². The zero-order chi connectivity index (χ0) is 10.6. The Labute approximate surface area is 75.7 Å². The van der Waals surface area contributed by atoms with Gasteiger partial charge in [-0.3, -0.25) is 0 Å². The van der Waals surface area contributed by atoms with E-state index in [4.69, 9.17) is 30.6 Å². The van der Waals surface area contributed by atoms with E-state index < -0.39 is 37.1 Å². The number of hydrogen-bond donors (Lipinski definition) is 6. The average Bonchev–Trinajstić information content (AvgIpc) is 2.12. The van der Waals surface area contributed by atoms with Gasteiger partial charge < -0.3 is 30.6 Å². The summed E-state index contributed by atoms with van der Waals surface area (Å²) in [5, 5.41) is 53.4. The van der Waals surface area contributed by atoms with Crippen molar-refractivity contribution in [3.8, 4) is 0 Å². The van der Waals surface area contributed by atoms with Gasteiger partial charge in [0.1, 0.15) is 24.4 Å². The third-order valence-corrected chi connectivity index (χ3v) is 1.78. The molecule has 0 spiro atoms. The predicted octanol–water partition coefficient (Wildman–Crippen LogP) is -3.20. The van der Waals surface area contributed by atoms with Crippen LogP contribution in [0.5, 0.6) is 0 Å². The van der Waals surface area contributed by atoms with Gasteiger partial charge in [0.2, 0.25) is 0 Å². The molecule has 0 saturated heterocycles. The molecule has 6 nitrogen and oxygen atoms in total. The van der Waals surface area contributed by atoms with Crippen LogP contribution >= 0.6 is 0 Å². The summed E-state index contributed by atoms with van der Waals surface area (Å²) < 4.78 is 0. The first-order chi connectivity index (χ1) is 5.91. The van der Waals surface area contributed by atoms with Crippen LogP contribution in [0.1, 0.15) is 6.92 Å². The Morgan fingerprint density at radius 3 is 1.62 bits per heavy atom. The molecule has 0 heterocycles. The predicted molar refractivity (Wildman–Crippen MR) is 42.8 cm³/mol. The van der Waals surface area contributed by atoms with Gasteiger partial charge >= 0.3 is 0 Å². The second-order valence-corrected chi connectivity index (χ2v) is 2.96. The van der Waals surface area contributed by atoms with E-state index in [-0.39, 0.29) is 0 Å². The molecule has 0 aromatic heterocycles. The van der Waals surface area contributed by atoms with Gasteiger partial charge in [-0.05, 0) is 6.92 Å². The first kappa shape index (κ1) is 12.8. The van der Waals surface area contributed by atoms with Crippen molar-refractivity contribution in [3.05, 3.63) is 0 Å². The maximum absolute atomic E-state index is 9.13. The van der Waals surface area contributed by atoms with Gasteiger partial charge in [-0.25, -0.2) is 0 Å². The van der Waals surface area contributed by atoms with Gasteiger partial charge in [-0.2, -0.15) is 0 Å². The van der Waals surface area contributed by atoms with Gasteiger partial charge in [-0.1, -0.05) is 0 Å². The molecule has 0 amide bonds. The van der Waals surface area contributed by atoms with Crippen molar-refractivity contribution in [1.29, 1.82) is 0 Å². The van der Waals surface area contributed by atoms with Crippen LogP contribution in [0.15, 0.2) is 0 Å². The van der Waals surface area contributed by atoms with Crippen molar-refractivity contribution >= 4 is 0 Å². The van der Waals surface area contributed by atoms with Crippen LogP contribution in [0.4, 0.5) is 0 Å². The summed E-state index contributed by atoms with van der Waals surface area (Å²) in [5.74, 6) is 0. The molecular formula is C7H16O6. The molecule has 13 heavy (non-hydrogen) atoms. The van der Waals surface area contributed by atoms with Crippen molar-refractivity contribution < 1.29 is 30.6 Å². The van der Waals surface area contributed by atoms with Gasteiger partial charge in [0.25, 0.3) is 0 Å². The van der Waals surface area contributed by atoms with Crippen molar-refractivity contribution in [2.24, 2.45) is 0 Å². The second kappa shape index (κ2) is 5.48. The van der Waals surface area contributed by atoms with E-state index in [1.165, 1.54) is 6.92 Å². The lowest BCUT2D eigenvalue weighted by atomic mass is 10.0. The Morgan fingerprint density at radius 2 is 1.31 bits per heavy atom. The molecule has 6 N–H and O–H groups in total. The molecular weight excluding hydrogens is 180 g/mol. The molecule has 0 bridgehead atoms. The van der Waals surface area contributed by atoms with Crippen molar-refractivity contribution in [3.63, 3.8) is 0 Å². The molecule has 0 aromatic rings. The Morgan fingerprint density at radius 1 is 0.846 bits per heavy atom. The molecule has 0 rings (SSSR count). The fraction of sp³-hybridized carbons (Fsp3) is 1.00. The van der Waals surface area contributed by atoms with E-state index in [9.17, 15) is 0 Å². The molecule has 0 aliphatic carbocycles. The zero-order valence-electron chi connectivity index (χ0n) is 7.28. The number of aliphatic hydroxyl groups is 6. The lowest BCUT2D eigenvalue weighted by molar-refractivity contribution is -0.137. The van der Waals surface area contributed by atoms with Gasteiger partial charge in [-0.15, -0.1) is 0 Å². The number of hydrogen-bond acceptors (Lipinski definition) is 6. The third-order valence-electron chi connectivity index (χ3n) is 1.78. The Kier molecular flexibility index (Phi) is 5.38. The number of aliphatic hydroxyl groups excluding tert-OH is 6. The summed E-state index contributed by atoms with van der Waals surface area (Å²) >= 11 is 0. The Balaban J connectivity index is 4.15. The molecule has 0 radical (unpaired) electrons. The van der Waals surface area contributed by atoms with Crippen LogP contribution in [0.25, 0.3) is 0 Å². The number of rotatable bonds is 5. The highest BCUT2D eigenvalue weighted by Crippen LogP contribution is 2.07. The summed E-state index contributed by atoms with van der Waals surface area (Å²) in [6, 6.07) is 0. The van der Waals surface area contributed by atoms with E-state index >= 15 is 0 Å². The van der Waals surface area contributed by atoms with Crippen LogP contribution < -0.4 is 0 Å². The summed E-state index contributed by atoms with van der Waals surface area (Å²) in [7, 11) is 0. The van der Waals surface area contributed by atoms with E-state index in [0.29, 0.717) is 0 Å². The molecule has 0 aromatic carbocycles. The van der Waals surface area contributed by atoms with Crippen molar-refractivity contribution in [2.75, 3.05) is 6.61 Å². The molecule has 0 aliphatic rings. The summed E-state index contributed by atoms with van der Waals surface area (Å²) in [6.45, 7) is 0.497. The molecule has 0 aliphatic heterocycles. The quantitative estimate of drug-likeness (QED) is 0.275. The Bertz CT molecular complexity index is 139. The Hall–Kier alpha value is -0.240. The smallest absolute Gasteiger partial charge is 0.111 e. The fourth-order valence-electron chi connectivity index (χ4n) is 0.823. The highest BCUT2D eigenvalue weighted by atomic mass is 16.4. The molecule has 0 fully saturated rings. The SMILES string of the molecule is C[C@@H](O)C(O)C(O)[C@@H](O)[C@@H](O)CO. The first-order valence-electron chi connectivity index (χ1n) is 3.93. The molecule has 5 atom stereocenters. The van der Waals surface area contributed by atoms with E-state index in [0.717, 1.165) is 0 Å². The lowest BCUT2D eigenvalue weighted by Crippen LogP contribution is -2.49. The topological polar surface area (TPSA) is 121 Å². The average molecular weight is 196 g/mol. The van der Waals surface area contributed by atoms with Crippen LogP contribution in [0.2, 0.25) is 0 Å². The van der Waals surface area contributed by atoms with Crippen molar-refractivity contribution in [1.82, 2.24) is 0 Å². The zero-order valence-corrected chi connectivity index (χ0v) is 7.28. The van der Waals surface area contributed by atoms with Crippen LogP contribution in [-0.2, 0) is 0 Å². The van der Waals surface area contributed by atoms with Crippen LogP contribution in [0.3, 0.4) is 0 Å². The first-order valence-corrected chi connectivity index (χ1v) is 3.93. The highest BCUT2D eigenvalue weighted by molar-refractivity contribution is 4.82. The van der Waals surface area contributed by atoms with Crippen LogP contribution in [-0.4, -0.2) is 67.8 Å². The van der Waals surface area contributed by atoms with Gasteiger partial charge in [0.15, 0.2) is 0 Å². The van der Waals surface area contributed by atoms with Crippen molar-refractivity contribution in [2.45, 2.75) is 37.4 Å². The summed E-state index contributed by atoms with van der Waals surface area (Å²) in [4.78, 5) is 0. The maximum Gasteiger partial charge on any atom is 0.111 e. The fourth-order valence-corrected chi connectivity index (χ4v) is 0.823. The normalized spacial score (nSPS) is 23.3. The minimum absolute atomic E-state index is 0.731. The minimum Gasteiger partial charge on any atom is -0.394 e. The van der Waals surface area contributed by atoms with E-state index in [1.807, 2.05) is 0 Å². The lowest BCUT2D eigenvalue weighted by Gasteiger charge is -2.26. The highest BCUT2D eigenvalue weighted by Gasteiger charge is 2.32. The largest absolute Gasteiger partial charge is 0.394 e. The summed E-state index contributed by atoms with van der Waals surface area (Å²) in [6.07, 6.45) is -7.70. The molecule has 6 heteroatoms. The van der Waals surface area contributed by atoms with Gasteiger partial charge in [0, 0.05) is 0 Å². The molecule has 80 valence electrons. The molecule has 2 unspecified atom stereocenters.